The minimum atomic E-state index is -0.0409. The Morgan fingerprint density at radius 2 is 1.90 bits per heavy atom. The van der Waals surface area contributed by atoms with Gasteiger partial charge in [-0.2, -0.15) is 0 Å². The maximum absolute atomic E-state index is 12.5. The lowest BCUT2D eigenvalue weighted by atomic mass is 10.1. The fraction of sp³-hybridized carbons (Fsp3) is 0.118. The largest absolute Gasteiger partial charge is 0.321 e. The maximum atomic E-state index is 12.5. The van der Waals surface area contributed by atoms with Gasteiger partial charge in [-0.05, 0) is 37.4 Å². The third-order valence-corrected chi connectivity index (χ3v) is 5.12. The Labute approximate surface area is 132 Å². The van der Waals surface area contributed by atoms with Crippen LogP contribution in [0.4, 0.5) is 5.69 Å². The standard InChI is InChI=1S/C17H15NOS2/c1-11-10-14(12(2)21-11)17(19)18-15-7-4-3-6-13(15)16-8-5-9-20-16/h3-10H,1-2H3,(H,18,19). The van der Waals surface area contributed by atoms with E-state index in [0.29, 0.717) is 0 Å². The van der Waals surface area contributed by atoms with Crippen molar-refractivity contribution in [1.82, 2.24) is 0 Å². The first-order chi connectivity index (χ1) is 10.1. The van der Waals surface area contributed by atoms with Crippen molar-refractivity contribution >= 4 is 34.3 Å². The summed E-state index contributed by atoms with van der Waals surface area (Å²) < 4.78 is 0. The summed E-state index contributed by atoms with van der Waals surface area (Å²) in [4.78, 5) is 15.8. The summed E-state index contributed by atoms with van der Waals surface area (Å²) in [6.45, 7) is 4.01. The maximum Gasteiger partial charge on any atom is 0.256 e. The molecule has 0 radical (unpaired) electrons. The molecule has 2 nitrogen and oxygen atoms in total. The van der Waals surface area contributed by atoms with Gasteiger partial charge in [-0.1, -0.05) is 24.3 Å². The molecule has 3 aromatic rings. The van der Waals surface area contributed by atoms with Gasteiger partial charge in [0.05, 0.1) is 5.56 Å². The molecule has 0 atom stereocenters. The zero-order chi connectivity index (χ0) is 14.8. The number of benzene rings is 1. The first-order valence-electron chi connectivity index (χ1n) is 6.66. The number of carbonyl (C=O) groups is 1. The van der Waals surface area contributed by atoms with Crippen molar-refractivity contribution in [2.75, 3.05) is 5.32 Å². The van der Waals surface area contributed by atoms with E-state index in [1.54, 1.807) is 22.7 Å². The molecule has 3 rings (SSSR count). The van der Waals surface area contributed by atoms with Crippen LogP contribution in [0.2, 0.25) is 0 Å². The van der Waals surface area contributed by atoms with Gasteiger partial charge in [0.25, 0.3) is 5.91 Å². The molecule has 21 heavy (non-hydrogen) atoms. The molecule has 0 aliphatic heterocycles. The Hall–Kier alpha value is -1.91. The van der Waals surface area contributed by atoms with Crippen LogP contribution in [0.3, 0.4) is 0 Å². The van der Waals surface area contributed by atoms with Crippen molar-refractivity contribution in [2.24, 2.45) is 0 Å². The van der Waals surface area contributed by atoms with Gasteiger partial charge in [-0.3, -0.25) is 4.79 Å². The van der Waals surface area contributed by atoms with E-state index in [-0.39, 0.29) is 5.91 Å². The number of hydrogen-bond acceptors (Lipinski definition) is 3. The monoisotopic (exact) mass is 313 g/mol. The summed E-state index contributed by atoms with van der Waals surface area (Å²) in [6, 6.07) is 13.9. The minimum absolute atomic E-state index is 0.0409. The van der Waals surface area contributed by atoms with Crippen molar-refractivity contribution in [3.63, 3.8) is 0 Å². The van der Waals surface area contributed by atoms with Crippen LogP contribution < -0.4 is 5.32 Å². The second-order valence-electron chi connectivity index (χ2n) is 4.80. The predicted molar refractivity (Wildman–Crippen MR) is 91.5 cm³/mol. The highest BCUT2D eigenvalue weighted by Gasteiger charge is 2.14. The highest BCUT2D eigenvalue weighted by atomic mass is 32.1. The fourth-order valence-corrected chi connectivity index (χ4v) is 3.97. The van der Waals surface area contributed by atoms with Gasteiger partial charge in [-0.15, -0.1) is 22.7 Å². The number of hydrogen-bond donors (Lipinski definition) is 1. The second-order valence-corrected chi connectivity index (χ2v) is 7.21. The van der Waals surface area contributed by atoms with Crippen LogP contribution in [0, 0.1) is 13.8 Å². The third-order valence-electron chi connectivity index (χ3n) is 3.25. The van der Waals surface area contributed by atoms with E-state index < -0.39 is 0 Å². The van der Waals surface area contributed by atoms with Gasteiger partial charge in [0.15, 0.2) is 0 Å². The molecule has 0 unspecified atom stereocenters. The summed E-state index contributed by atoms with van der Waals surface area (Å²) in [5.74, 6) is -0.0409. The number of amides is 1. The van der Waals surface area contributed by atoms with Crippen molar-refractivity contribution in [1.29, 1.82) is 0 Å². The molecule has 0 bridgehead atoms. The summed E-state index contributed by atoms with van der Waals surface area (Å²) >= 11 is 3.32. The van der Waals surface area contributed by atoms with E-state index in [1.807, 2.05) is 55.6 Å². The Kier molecular flexibility index (Phi) is 3.90. The first kappa shape index (κ1) is 14.0. The number of thiophene rings is 2. The lowest BCUT2D eigenvalue weighted by Crippen LogP contribution is -2.12. The zero-order valence-corrected chi connectivity index (χ0v) is 13.5. The summed E-state index contributed by atoms with van der Waals surface area (Å²) in [6.07, 6.45) is 0. The molecule has 0 aliphatic carbocycles. The number of para-hydroxylation sites is 1. The van der Waals surface area contributed by atoms with Crippen LogP contribution in [0.5, 0.6) is 0 Å². The van der Waals surface area contributed by atoms with E-state index in [9.17, 15) is 4.79 Å². The van der Waals surface area contributed by atoms with Crippen LogP contribution >= 0.6 is 22.7 Å². The first-order valence-corrected chi connectivity index (χ1v) is 8.36. The van der Waals surface area contributed by atoms with Crippen LogP contribution in [0.25, 0.3) is 10.4 Å². The van der Waals surface area contributed by atoms with Gasteiger partial charge in [0, 0.05) is 25.9 Å². The number of anilines is 1. The Bertz CT molecular complexity index is 772. The van der Waals surface area contributed by atoms with Crippen LogP contribution in [0.1, 0.15) is 20.1 Å². The number of aryl methyl sites for hydroxylation is 2. The quantitative estimate of drug-likeness (QED) is 0.694. The molecule has 0 fully saturated rings. The molecule has 0 saturated carbocycles. The molecule has 4 heteroatoms. The molecule has 0 spiro atoms. The number of carbonyl (C=O) groups excluding carboxylic acids is 1. The summed E-state index contributed by atoms with van der Waals surface area (Å²) in [5, 5.41) is 5.09. The lowest BCUT2D eigenvalue weighted by molar-refractivity contribution is 0.102. The Morgan fingerprint density at radius 1 is 1.10 bits per heavy atom. The van der Waals surface area contributed by atoms with E-state index in [4.69, 9.17) is 0 Å². The van der Waals surface area contributed by atoms with Crippen LogP contribution in [0.15, 0.2) is 47.8 Å². The molecule has 2 aromatic heterocycles. The molecule has 2 heterocycles. The fourth-order valence-electron chi connectivity index (χ4n) is 2.28. The second kappa shape index (κ2) is 5.84. The summed E-state index contributed by atoms with van der Waals surface area (Å²) in [7, 11) is 0. The molecule has 1 amide bonds. The van der Waals surface area contributed by atoms with E-state index in [1.165, 1.54) is 0 Å². The molecular weight excluding hydrogens is 298 g/mol. The zero-order valence-electron chi connectivity index (χ0n) is 11.8. The molecule has 1 aromatic carbocycles. The highest BCUT2D eigenvalue weighted by Crippen LogP contribution is 2.32. The highest BCUT2D eigenvalue weighted by molar-refractivity contribution is 7.13. The minimum Gasteiger partial charge on any atom is -0.321 e. The van der Waals surface area contributed by atoms with Crippen molar-refractivity contribution in [2.45, 2.75) is 13.8 Å². The van der Waals surface area contributed by atoms with Gasteiger partial charge in [0.2, 0.25) is 0 Å². The Balaban J connectivity index is 1.92. The SMILES string of the molecule is Cc1cc(C(=O)Nc2ccccc2-c2cccs2)c(C)s1. The predicted octanol–water partition coefficient (Wildman–Crippen LogP) is 5.35. The smallest absolute Gasteiger partial charge is 0.256 e. The Morgan fingerprint density at radius 3 is 2.57 bits per heavy atom. The van der Waals surface area contributed by atoms with E-state index in [0.717, 1.165) is 31.4 Å². The molecule has 0 aliphatic rings. The van der Waals surface area contributed by atoms with E-state index >= 15 is 0 Å². The van der Waals surface area contributed by atoms with Crippen LogP contribution in [-0.2, 0) is 0 Å². The van der Waals surface area contributed by atoms with Crippen LogP contribution in [-0.4, -0.2) is 5.91 Å². The lowest BCUT2D eigenvalue weighted by Gasteiger charge is -2.09. The molecule has 106 valence electrons. The third kappa shape index (κ3) is 2.91. The van der Waals surface area contributed by atoms with Gasteiger partial charge in [-0.25, -0.2) is 0 Å². The average molecular weight is 313 g/mol. The molecular formula is C17H15NOS2. The van der Waals surface area contributed by atoms with Gasteiger partial charge >= 0.3 is 0 Å². The van der Waals surface area contributed by atoms with Gasteiger partial charge in [0.1, 0.15) is 0 Å². The topological polar surface area (TPSA) is 29.1 Å². The average Bonchev–Trinajstić information content (AvgIpc) is 3.09. The number of nitrogens with one attached hydrogen (secondary N) is 1. The van der Waals surface area contributed by atoms with Crippen molar-refractivity contribution < 1.29 is 4.79 Å². The normalized spacial score (nSPS) is 10.6. The molecule has 1 N–H and O–H groups in total. The summed E-state index contributed by atoms with van der Waals surface area (Å²) in [5.41, 5.74) is 2.68. The van der Waals surface area contributed by atoms with Gasteiger partial charge < -0.3 is 5.32 Å². The van der Waals surface area contributed by atoms with Crippen molar-refractivity contribution in [3.05, 3.63) is 63.2 Å². The molecule has 0 saturated heterocycles. The van der Waals surface area contributed by atoms with E-state index in [2.05, 4.69) is 11.4 Å². The van der Waals surface area contributed by atoms with Crippen molar-refractivity contribution in [3.8, 4) is 10.4 Å². The number of rotatable bonds is 3.